The lowest BCUT2D eigenvalue weighted by molar-refractivity contribution is -0.118. The maximum absolute atomic E-state index is 13.1. The molecule has 1 saturated carbocycles. The number of anilines is 1. The van der Waals surface area contributed by atoms with Crippen molar-refractivity contribution in [3.63, 3.8) is 0 Å². The molecule has 1 N–H and O–H groups in total. The van der Waals surface area contributed by atoms with E-state index in [1.165, 1.54) is 24.3 Å². The number of carbonyl (C=O) groups excluding carboxylic acids is 2. The molecule has 7 heteroatoms. The zero-order valence-electron chi connectivity index (χ0n) is 15.1. The SMILES string of the molecule is O=C(Nc1ccc2c(c1)OCO2)C1CC12CCN(C(=O)c1ccc(F)cc1)C2. The van der Waals surface area contributed by atoms with Gasteiger partial charge in [-0.25, -0.2) is 4.39 Å². The zero-order chi connectivity index (χ0) is 19.3. The molecule has 2 atom stereocenters. The van der Waals surface area contributed by atoms with Crippen molar-refractivity contribution in [1.29, 1.82) is 0 Å². The molecule has 2 heterocycles. The second-order valence-electron chi connectivity index (χ2n) is 7.66. The molecule has 3 aliphatic rings. The van der Waals surface area contributed by atoms with E-state index in [0.717, 1.165) is 12.8 Å². The second kappa shape index (κ2) is 6.22. The molecule has 2 amide bonds. The topological polar surface area (TPSA) is 67.9 Å². The fourth-order valence-electron chi connectivity index (χ4n) is 4.22. The summed E-state index contributed by atoms with van der Waals surface area (Å²) in [5, 5.41) is 2.95. The summed E-state index contributed by atoms with van der Waals surface area (Å²) >= 11 is 0. The number of nitrogens with zero attached hydrogens (tertiary/aromatic N) is 1. The lowest BCUT2D eigenvalue weighted by Crippen LogP contribution is -2.30. The van der Waals surface area contributed by atoms with Crippen LogP contribution in [0.1, 0.15) is 23.2 Å². The number of hydrogen-bond acceptors (Lipinski definition) is 4. The Morgan fingerprint density at radius 3 is 2.71 bits per heavy atom. The predicted molar refractivity (Wildman–Crippen MR) is 98.7 cm³/mol. The largest absolute Gasteiger partial charge is 0.454 e. The number of amides is 2. The molecule has 2 unspecified atom stereocenters. The molecule has 6 nitrogen and oxygen atoms in total. The van der Waals surface area contributed by atoms with Crippen LogP contribution in [0.4, 0.5) is 10.1 Å². The van der Waals surface area contributed by atoms with Crippen molar-refractivity contribution < 1.29 is 23.5 Å². The summed E-state index contributed by atoms with van der Waals surface area (Å²) in [6, 6.07) is 10.9. The van der Waals surface area contributed by atoms with E-state index in [1.807, 2.05) is 0 Å². The van der Waals surface area contributed by atoms with Crippen LogP contribution < -0.4 is 14.8 Å². The van der Waals surface area contributed by atoms with Gasteiger partial charge >= 0.3 is 0 Å². The number of ether oxygens (including phenoxy) is 2. The first-order chi connectivity index (χ1) is 13.5. The molecular formula is C21H19FN2O4. The van der Waals surface area contributed by atoms with Crippen LogP contribution in [0.2, 0.25) is 0 Å². The number of rotatable bonds is 3. The highest BCUT2D eigenvalue weighted by atomic mass is 19.1. The minimum absolute atomic E-state index is 0.0325. The molecular weight excluding hydrogens is 363 g/mol. The van der Waals surface area contributed by atoms with Gasteiger partial charge in [0.2, 0.25) is 12.7 Å². The Bertz CT molecular complexity index is 961. The van der Waals surface area contributed by atoms with Gasteiger partial charge in [-0.2, -0.15) is 0 Å². The molecule has 1 aliphatic carbocycles. The molecule has 2 aliphatic heterocycles. The van der Waals surface area contributed by atoms with Crippen LogP contribution in [0.15, 0.2) is 42.5 Å². The van der Waals surface area contributed by atoms with Gasteiger partial charge in [-0.05, 0) is 49.2 Å². The third-order valence-electron chi connectivity index (χ3n) is 5.91. The summed E-state index contributed by atoms with van der Waals surface area (Å²) in [5.74, 6) is 0.682. The Kier molecular flexibility index (Phi) is 3.79. The van der Waals surface area contributed by atoms with E-state index in [0.29, 0.717) is 35.8 Å². The number of benzene rings is 2. The monoisotopic (exact) mass is 382 g/mol. The number of hydrogen-bond donors (Lipinski definition) is 1. The van der Waals surface area contributed by atoms with E-state index in [4.69, 9.17) is 9.47 Å². The van der Waals surface area contributed by atoms with Crippen LogP contribution >= 0.6 is 0 Å². The highest BCUT2D eigenvalue weighted by Crippen LogP contribution is 2.59. The van der Waals surface area contributed by atoms with Gasteiger partial charge in [0.15, 0.2) is 11.5 Å². The average molecular weight is 382 g/mol. The molecule has 1 spiro atoms. The molecule has 28 heavy (non-hydrogen) atoms. The summed E-state index contributed by atoms with van der Waals surface area (Å²) in [6.45, 7) is 1.36. The maximum atomic E-state index is 13.1. The van der Waals surface area contributed by atoms with Gasteiger partial charge < -0.3 is 19.7 Å². The average Bonchev–Trinajstić information content (AvgIpc) is 3.02. The fourth-order valence-corrected chi connectivity index (χ4v) is 4.22. The number of halogens is 1. The summed E-state index contributed by atoms with van der Waals surface area (Å²) in [4.78, 5) is 27.1. The van der Waals surface area contributed by atoms with E-state index >= 15 is 0 Å². The summed E-state index contributed by atoms with van der Waals surface area (Å²) < 4.78 is 23.7. The second-order valence-corrected chi connectivity index (χ2v) is 7.66. The van der Waals surface area contributed by atoms with Crippen LogP contribution in [-0.4, -0.2) is 36.6 Å². The molecule has 1 saturated heterocycles. The molecule has 5 rings (SSSR count). The van der Waals surface area contributed by atoms with Gasteiger partial charge in [0.1, 0.15) is 5.82 Å². The van der Waals surface area contributed by atoms with Gasteiger partial charge in [0, 0.05) is 41.7 Å². The molecule has 0 aromatic heterocycles. The van der Waals surface area contributed by atoms with E-state index in [-0.39, 0.29) is 35.8 Å². The minimum atomic E-state index is -0.364. The molecule has 0 bridgehead atoms. The molecule has 2 aromatic rings. The van der Waals surface area contributed by atoms with Crippen molar-refractivity contribution in [1.82, 2.24) is 4.90 Å². The molecule has 0 radical (unpaired) electrons. The van der Waals surface area contributed by atoms with Crippen molar-refractivity contribution in [3.05, 3.63) is 53.8 Å². The van der Waals surface area contributed by atoms with Crippen molar-refractivity contribution >= 4 is 17.5 Å². The van der Waals surface area contributed by atoms with Crippen molar-refractivity contribution in [2.75, 3.05) is 25.2 Å². The van der Waals surface area contributed by atoms with Gasteiger partial charge in [-0.15, -0.1) is 0 Å². The highest BCUT2D eigenvalue weighted by molar-refractivity contribution is 5.97. The Morgan fingerprint density at radius 2 is 1.89 bits per heavy atom. The van der Waals surface area contributed by atoms with E-state index in [1.54, 1.807) is 23.1 Å². The highest BCUT2D eigenvalue weighted by Gasteiger charge is 2.61. The van der Waals surface area contributed by atoms with E-state index in [9.17, 15) is 14.0 Å². The third-order valence-corrected chi connectivity index (χ3v) is 5.91. The first kappa shape index (κ1) is 17.0. The van der Waals surface area contributed by atoms with E-state index in [2.05, 4.69) is 5.32 Å². The zero-order valence-corrected chi connectivity index (χ0v) is 15.1. The van der Waals surface area contributed by atoms with Crippen LogP contribution in [0.3, 0.4) is 0 Å². The van der Waals surface area contributed by atoms with Gasteiger partial charge in [0.05, 0.1) is 0 Å². The van der Waals surface area contributed by atoms with Crippen LogP contribution in [-0.2, 0) is 4.79 Å². The standard InChI is InChI=1S/C21H19FN2O4/c22-14-3-1-13(2-4-14)20(26)24-8-7-21(11-24)10-16(21)19(25)23-15-5-6-17-18(9-15)28-12-27-17/h1-6,9,16H,7-8,10-12H2,(H,23,25). The number of carbonyl (C=O) groups is 2. The van der Waals surface area contributed by atoms with Crippen LogP contribution in [0.5, 0.6) is 11.5 Å². The lowest BCUT2D eigenvalue weighted by atomic mass is 10.0. The summed E-state index contributed by atoms with van der Waals surface area (Å²) in [6.07, 6.45) is 1.58. The van der Waals surface area contributed by atoms with Crippen molar-refractivity contribution in [2.24, 2.45) is 11.3 Å². The normalized spacial score (nSPS) is 24.5. The predicted octanol–water partition coefficient (Wildman–Crippen LogP) is 3.05. The van der Waals surface area contributed by atoms with Gasteiger partial charge in [-0.3, -0.25) is 9.59 Å². The van der Waals surface area contributed by atoms with Crippen molar-refractivity contribution in [3.8, 4) is 11.5 Å². The quantitative estimate of drug-likeness (QED) is 0.886. The third kappa shape index (κ3) is 2.87. The van der Waals surface area contributed by atoms with Gasteiger partial charge in [0.25, 0.3) is 5.91 Å². The van der Waals surface area contributed by atoms with Crippen LogP contribution in [0, 0.1) is 17.2 Å². The number of fused-ring (bicyclic) bond motifs is 1. The number of likely N-dealkylation sites (tertiary alicyclic amines) is 1. The molecule has 144 valence electrons. The summed E-state index contributed by atoms with van der Waals surface area (Å²) in [7, 11) is 0. The Balaban J connectivity index is 1.22. The van der Waals surface area contributed by atoms with Crippen LogP contribution in [0.25, 0.3) is 0 Å². The maximum Gasteiger partial charge on any atom is 0.253 e. The number of nitrogens with one attached hydrogen (secondary N) is 1. The molecule has 2 aromatic carbocycles. The Hall–Kier alpha value is -3.09. The van der Waals surface area contributed by atoms with Crippen molar-refractivity contribution in [2.45, 2.75) is 12.8 Å². The summed E-state index contributed by atoms with van der Waals surface area (Å²) in [5.41, 5.74) is 1.00. The first-order valence-electron chi connectivity index (χ1n) is 9.29. The first-order valence-corrected chi connectivity index (χ1v) is 9.29. The molecule has 2 fully saturated rings. The minimum Gasteiger partial charge on any atom is -0.454 e. The van der Waals surface area contributed by atoms with E-state index < -0.39 is 0 Å². The Morgan fingerprint density at radius 1 is 1.11 bits per heavy atom. The lowest BCUT2D eigenvalue weighted by Gasteiger charge is -2.17. The smallest absolute Gasteiger partial charge is 0.253 e. The fraction of sp³-hybridized carbons (Fsp3) is 0.333. The van der Waals surface area contributed by atoms with Gasteiger partial charge in [-0.1, -0.05) is 0 Å². The Labute approximate surface area is 161 Å².